The summed E-state index contributed by atoms with van der Waals surface area (Å²) in [7, 11) is 2.53. The zero-order valence-electron chi connectivity index (χ0n) is 44.6. The van der Waals surface area contributed by atoms with Crippen LogP contribution in [0.3, 0.4) is 0 Å². The van der Waals surface area contributed by atoms with Gasteiger partial charge in [-0.05, 0) is 25.0 Å². The molecule has 4 aromatic heterocycles. The predicted molar refractivity (Wildman–Crippen MR) is 310 cm³/mol. The first kappa shape index (κ1) is 60.8. The van der Waals surface area contributed by atoms with Gasteiger partial charge in [0.2, 0.25) is 11.8 Å². The summed E-state index contributed by atoms with van der Waals surface area (Å²) in [5, 5.41) is 35.5. The number of oxime groups is 2. The fraction of sp³-hybridized carbons (Fsp3) is 0.400. The number of thiazole rings is 2. The van der Waals surface area contributed by atoms with Crippen molar-refractivity contribution in [3.63, 3.8) is 0 Å². The molecule has 434 valence electrons. The van der Waals surface area contributed by atoms with Crippen molar-refractivity contribution in [3.05, 3.63) is 105 Å². The quantitative estimate of drug-likeness (QED) is 0.0158. The van der Waals surface area contributed by atoms with E-state index in [4.69, 9.17) is 21.1 Å². The highest BCUT2D eigenvalue weighted by Crippen LogP contribution is 2.42. The minimum absolute atomic E-state index is 0.0308. The number of hydrogen-bond donors (Lipinski definition) is 6. The highest BCUT2D eigenvalue weighted by atomic mass is 32.2. The van der Waals surface area contributed by atoms with E-state index >= 15 is 0 Å². The molecule has 8 N–H and O–H groups in total. The number of aliphatic carboxylic acids is 2. The van der Waals surface area contributed by atoms with Crippen LogP contribution in [0.15, 0.2) is 92.7 Å². The van der Waals surface area contributed by atoms with Crippen LogP contribution in [0.2, 0.25) is 0 Å². The largest absolute Gasteiger partial charge is 0.477 e. The fourth-order valence-electron chi connectivity index (χ4n) is 9.06. The number of carbonyl (C=O) groups is 8. The van der Waals surface area contributed by atoms with Crippen LogP contribution >= 0.6 is 69.7 Å². The lowest BCUT2D eigenvalue weighted by Gasteiger charge is -2.49. The van der Waals surface area contributed by atoms with Crippen molar-refractivity contribution in [1.82, 2.24) is 40.2 Å². The Bertz CT molecular complexity index is 3030. The molecule has 2 saturated heterocycles. The molecule has 2 fully saturated rings. The second-order valence-corrected chi connectivity index (χ2v) is 24.5. The third-order valence-electron chi connectivity index (χ3n) is 13.1. The lowest BCUT2D eigenvalue weighted by molar-refractivity contribution is -0.689. The van der Waals surface area contributed by atoms with Crippen molar-refractivity contribution in [1.29, 1.82) is 0 Å². The number of nitrogens with zero attached hydrogens (tertiary/aromatic N) is 10. The Balaban J connectivity index is 0.745. The molecular formula is C50H58N14O12S6+2. The first-order valence-corrected chi connectivity index (χ1v) is 31.3. The Labute approximate surface area is 494 Å². The zero-order valence-corrected chi connectivity index (χ0v) is 49.5. The Morgan fingerprint density at radius 2 is 1.06 bits per heavy atom. The number of amides is 6. The second-order valence-electron chi connectivity index (χ2n) is 18.3. The van der Waals surface area contributed by atoms with Crippen LogP contribution in [-0.4, -0.2) is 183 Å². The number of carboxylic acids is 2. The van der Waals surface area contributed by atoms with Crippen LogP contribution in [-0.2, 0) is 74.2 Å². The molecule has 0 radical (unpaired) electrons. The van der Waals surface area contributed by atoms with E-state index < -0.39 is 58.4 Å². The molecule has 4 aliphatic rings. The van der Waals surface area contributed by atoms with Gasteiger partial charge in [0.15, 0.2) is 59.6 Å². The molecule has 4 atom stereocenters. The number of nitrogen functional groups attached to an aromatic ring is 2. The Morgan fingerprint density at radius 3 is 1.38 bits per heavy atom. The normalized spacial score (nSPS) is 18.7. The van der Waals surface area contributed by atoms with Gasteiger partial charge in [-0.3, -0.25) is 38.6 Å². The maximum absolute atomic E-state index is 13.4. The van der Waals surface area contributed by atoms with E-state index in [-0.39, 0.29) is 80.9 Å². The summed E-state index contributed by atoms with van der Waals surface area (Å²) in [6, 6.07) is 5.45. The van der Waals surface area contributed by atoms with Crippen LogP contribution in [0.1, 0.15) is 36.4 Å². The van der Waals surface area contributed by atoms with Crippen molar-refractivity contribution in [2.24, 2.45) is 10.3 Å². The molecule has 82 heavy (non-hydrogen) atoms. The van der Waals surface area contributed by atoms with E-state index in [1.54, 1.807) is 43.7 Å². The van der Waals surface area contributed by atoms with Crippen molar-refractivity contribution >= 4 is 139 Å². The molecule has 0 aliphatic carbocycles. The van der Waals surface area contributed by atoms with Crippen molar-refractivity contribution in [2.45, 2.75) is 62.9 Å². The number of aromatic nitrogens is 4. The summed E-state index contributed by atoms with van der Waals surface area (Å²) in [6.45, 7) is 5.90. The predicted octanol–water partition coefficient (Wildman–Crippen LogP) is 0.781. The van der Waals surface area contributed by atoms with Gasteiger partial charge in [-0.15, -0.1) is 46.2 Å². The van der Waals surface area contributed by atoms with Crippen LogP contribution < -0.4 is 31.2 Å². The molecule has 0 bridgehead atoms. The molecule has 0 aromatic carbocycles. The summed E-state index contributed by atoms with van der Waals surface area (Å²) >= 11 is 7.87. The van der Waals surface area contributed by atoms with Crippen LogP contribution in [0, 0.1) is 0 Å². The van der Waals surface area contributed by atoms with E-state index in [1.807, 2.05) is 38.1 Å². The second kappa shape index (κ2) is 27.7. The number of thioether (sulfide) groups is 4. The number of pyridine rings is 2. The molecule has 0 spiro atoms. The monoisotopic (exact) mass is 1240 g/mol. The van der Waals surface area contributed by atoms with Gasteiger partial charge in [0, 0.05) is 95.4 Å². The SMILES string of the molecule is CCN(Cc1cc[n+](CC2=C(C(=O)O)N3C(=O)[C@@H](NC(=O)C(=NOC)c4csc(N)n4)[C@H]3SC2)cc1)C(=O)CSCCSCC(=O)N(CC)Cc1cc[n+](CC2=C(C(=O)O)N3C(=O)[C@@H](NC(=O)C(=NOC)c4csc(N)n4)[C@H]3SC2)cc1. The summed E-state index contributed by atoms with van der Waals surface area (Å²) in [6.07, 6.45) is 7.19. The molecule has 26 nitrogen and oxygen atoms in total. The van der Waals surface area contributed by atoms with Gasteiger partial charge >= 0.3 is 11.9 Å². The highest BCUT2D eigenvalue weighted by Gasteiger charge is 2.56. The van der Waals surface area contributed by atoms with Gasteiger partial charge in [0.1, 0.15) is 59.8 Å². The topological polar surface area (TPSA) is 343 Å². The number of nitrogens with one attached hydrogen (secondary N) is 2. The van der Waals surface area contributed by atoms with Crippen LogP contribution in [0.25, 0.3) is 0 Å². The first-order chi connectivity index (χ1) is 39.4. The third-order valence-corrected chi connectivity index (χ3v) is 19.3. The van der Waals surface area contributed by atoms with Gasteiger partial charge in [-0.25, -0.2) is 28.7 Å². The molecule has 6 amide bonds. The number of nitrogens with two attached hydrogens (primary N) is 2. The minimum atomic E-state index is -1.26. The molecule has 32 heteroatoms. The smallest absolute Gasteiger partial charge is 0.352 e. The molecule has 8 heterocycles. The minimum Gasteiger partial charge on any atom is -0.477 e. The van der Waals surface area contributed by atoms with E-state index in [0.717, 1.165) is 33.8 Å². The zero-order chi connectivity index (χ0) is 58.8. The lowest BCUT2D eigenvalue weighted by atomic mass is 10.0. The maximum Gasteiger partial charge on any atom is 0.352 e. The molecule has 8 rings (SSSR count). The summed E-state index contributed by atoms with van der Waals surface area (Å²) in [5.74, 6) is -2.73. The molecule has 0 saturated carbocycles. The van der Waals surface area contributed by atoms with E-state index in [0.29, 0.717) is 60.3 Å². The average Bonchev–Trinajstić information content (AvgIpc) is 1.75. The number of β-lactam (4-membered cyclic amide) rings is 2. The molecule has 4 aliphatic heterocycles. The standard InChI is InChI=1S/C50H56N14O12S6/c1-5-61(17-27-7-11-59(12-8-27)19-29-21-79-45-37(43(69)63(45)39(29)47(71)72)55-41(67)35(57-75-3)31-23-81-49(51)53-31)33(65)25-77-15-16-78-26-34(66)62(6-2)18-28-9-13-60(14-10-28)20-30-22-80-46-38(44(70)64(46)40(30)48(73)74)56-42(68)36(58-76-4)32-24-82-50(52)54-32/h7-14,23-24,37-38,45-46H,5-6,15-22,25-26H2,1-4H3,(H6-2,51,52,53,54,55,56,67,68,71,72,73,74)/p+2/t37-,38-,45-,46-/m1/s1. The highest BCUT2D eigenvalue weighted by molar-refractivity contribution is 8.03. The first-order valence-electron chi connectivity index (χ1n) is 25.2. The number of fused-ring (bicyclic) bond motifs is 2. The molecule has 4 aromatic rings. The van der Waals surface area contributed by atoms with Crippen molar-refractivity contribution in [3.8, 4) is 0 Å². The van der Waals surface area contributed by atoms with Gasteiger partial charge in [0.05, 0.1) is 11.5 Å². The average molecular weight is 1240 g/mol. The van der Waals surface area contributed by atoms with E-state index in [9.17, 15) is 48.6 Å². The van der Waals surface area contributed by atoms with Gasteiger partial charge < -0.3 is 51.8 Å². The molecule has 0 unspecified atom stereocenters. The fourth-order valence-corrected chi connectivity index (χ4v) is 14.8. The summed E-state index contributed by atoms with van der Waals surface area (Å²) in [4.78, 5) is 128. The van der Waals surface area contributed by atoms with Gasteiger partial charge in [-0.1, -0.05) is 10.3 Å². The number of anilines is 2. The maximum atomic E-state index is 13.4. The van der Waals surface area contributed by atoms with Crippen LogP contribution in [0.4, 0.5) is 10.3 Å². The van der Waals surface area contributed by atoms with E-state index in [2.05, 4.69) is 30.9 Å². The van der Waals surface area contributed by atoms with Gasteiger partial charge in [-0.2, -0.15) is 23.5 Å². The van der Waals surface area contributed by atoms with E-state index in [1.165, 1.54) is 81.8 Å². The number of carboxylic acid groups (broad SMARTS) is 2. The lowest BCUT2D eigenvalue weighted by Crippen LogP contribution is -2.71. The number of hydrogen-bond acceptors (Lipinski definition) is 22. The van der Waals surface area contributed by atoms with Crippen molar-refractivity contribution in [2.75, 3.05) is 73.3 Å². The number of rotatable bonds is 27. The Hall–Kier alpha value is -7.26. The van der Waals surface area contributed by atoms with Gasteiger partial charge in [0.25, 0.3) is 23.6 Å². The number of carbonyl (C=O) groups excluding carboxylic acids is 6. The summed E-state index contributed by atoms with van der Waals surface area (Å²) in [5.41, 5.74) is 14.0. The Kier molecular flexibility index (Phi) is 20.5. The Morgan fingerprint density at radius 1 is 0.683 bits per heavy atom. The summed E-state index contributed by atoms with van der Waals surface area (Å²) < 4.78 is 3.61. The third kappa shape index (κ3) is 14.0. The van der Waals surface area contributed by atoms with Crippen molar-refractivity contribution < 1.29 is 67.4 Å². The van der Waals surface area contributed by atoms with Crippen LogP contribution in [0.5, 0.6) is 0 Å². The molecular weight excluding hydrogens is 1180 g/mol.